The molecule has 1 fully saturated rings. The number of carbonyl (C=O) groups is 2. The molecule has 0 saturated carbocycles. The van der Waals surface area contributed by atoms with Gasteiger partial charge in [0, 0.05) is 32.2 Å². The van der Waals surface area contributed by atoms with E-state index in [4.69, 9.17) is 4.74 Å². The third-order valence-electron chi connectivity index (χ3n) is 4.72. The Morgan fingerprint density at radius 3 is 2.54 bits per heavy atom. The average molecular weight is 448 g/mol. The SMILES string of the molecule is CC(C)NC(=O)CN1CCN(C(=O)COc2ccc3ccccc3c2Br)CC1. The highest BCUT2D eigenvalue weighted by molar-refractivity contribution is 9.10. The van der Waals surface area contributed by atoms with E-state index in [1.54, 1.807) is 4.90 Å². The lowest BCUT2D eigenvalue weighted by Crippen LogP contribution is -2.52. The first-order chi connectivity index (χ1) is 13.4. The van der Waals surface area contributed by atoms with Crippen molar-refractivity contribution < 1.29 is 14.3 Å². The molecule has 28 heavy (non-hydrogen) atoms. The van der Waals surface area contributed by atoms with Crippen molar-refractivity contribution >= 4 is 38.5 Å². The molecule has 2 amide bonds. The number of halogens is 1. The molecule has 0 atom stereocenters. The number of piperazine rings is 1. The summed E-state index contributed by atoms with van der Waals surface area (Å²) in [6, 6.07) is 12.0. The molecule has 1 heterocycles. The molecule has 6 nitrogen and oxygen atoms in total. The van der Waals surface area contributed by atoms with Crippen LogP contribution in [-0.2, 0) is 9.59 Å². The maximum absolute atomic E-state index is 12.5. The Kier molecular flexibility index (Phi) is 6.91. The molecule has 2 aromatic rings. The molecule has 1 aliphatic rings. The summed E-state index contributed by atoms with van der Waals surface area (Å²) in [7, 11) is 0. The van der Waals surface area contributed by atoms with Crippen LogP contribution in [0.4, 0.5) is 0 Å². The molecule has 1 aliphatic heterocycles. The number of amides is 2. The molecule has 150 valence electrons. The number of hydrogen-bond donors (Lipinski definition) is 1. The second kappa shape index (κ2) is 9.39. The summed E-state index contributed by atoms with van der Waals surface area (Å²) in [4.78, 5) is 28.2. The molecule has 0 radical (unpaired) electrons. The van der Waals surface area contributed by atoms with Gasteiger partial charge in [-0.25, -0.2) is 0 Å². The maximum Gasteiger partial charge on any atom is 0.260 e. The van der Waals surface area contributed by atoms with E-state index < -0.39 is 0 Å². The third-order valence-corrected chi connectivity index (χ3v) is 5.54. The molecule has 0 aromatic heterocycles. The molecule has 1 N–H and O–H groups in total. The number of hydrogen-bond acceptors (Lipinski definition) is 4. The zero-order valence-corrected chi connectivity index (χ0v) is 17.9. The highest BCUT2D eigenvalue weighted by atomic mass is 79.9. The molecule has 2 aromatic carbocycles. The van der Waals surface area contributed by atoms with Crippen molar-refractivity contribution in [2.75, 3.05) is 39.3 Å². The van der Waals surface area contributed by atoms with Gasteiger partial charge in [-0.05, 0) is 46.6 Å². The quantitative estimate of drug-likeness (QED) is 0.739. The summed E-state index contributed by atoms with van der Waals surface area (Å²) in [5.41, 5.74) is 0. The lowest BCUT2D eigenvalue weighted by Gasteiger charge is -2.34. The van der Waals surface area contributed by atoms with Crippen LogP contribution in [0.15, 0.2) is 40.9 Å². The third kappa shape index (κ3) is 5.23. The van der Waals surface area contributed by atoms with Crippen LogP contribution in [0.25, 0.3) is 10.8 Å². The van der Waals surface area contributed by atoms with Crippen LogP contribution in [0, 0.1) is 0 Å². The summed E-state index contributed by atoms with van der Waals surface area (Å²) in [5.74, 6) is 0.654. The second-order valence-electron chi connectivity index (χ2n) is 7.27. The van der Waals surface area contributed by atoms with Gasteiger partial charge in [-0.2, -0.15) is 0 Å². The highest BCUT2D eigenvalue weighted by Gasteiger charge is 2.23. The zero-order chi connectivity index (χ0) is 20.1. The van der Waals surface area contributed by atoms with E-state index in [0.717, 1.165) is 15.2 Å². The van der Waals surface area contributed by atoms with Gasteiger partial charge in [0.1, 0.15) is 5.75 Å². The van der Waals surface area contributed by atoms with Crippen molar-refractivity contribution in [2.45, 2.75) is 19.9 Å². The van der Waals surface area contributed by atoms with E-state index in [2.05, 4.69) is 26.1 Å². The number of fused-ring (bicyclic) bond motifs is 1. The highest BCUT2D eigenvalue weighted by Crippen LogP contribution is 2.33. The number of nitrogens with zero attached hydrogens (tertiary/aromatic N) is 2. The van der Waals surface area contributed by atoms with E-state index >= 15 is 0 Å². The molecule has 3 rings (SSSR count). The number of ether oxygens (including phenoxy) is 1. The lowest BCUT2D eigenvalue weighted by molar-refractivity contribution is -0.135. The standard InChI is InChI=1S/C21H26BrN3O3/c1-15(2)23-19(26)13-24-9-11-25(12-10-24)20(27)14-28-18-8-7-16-5-3-4-6-17(16)21(18)22/h3-8,15H,9-14H2,1-2H3,(H,23,26). The van der Waals surface area contributed by atoms with Crippen LogP contribution in [0.3, 0.4) is 0 Å². The van der Waals surface area contributed by atoms with Crippen LogP contribution in [0.2, 0.25) is 0 Å². The van der Waals surface area contributed by atoms with Crippen molar-refractivity contribution in [3.05, 3.63) is 40.9 Å². The second-order valence-corrected chi connectivity index (χ2v) is 8.06. The molecule has 0 aliphatic carbocycles. The maximum atomic E-state index is 12.5. The summed E-state index contributed by atoms with van der Waals surface area (Å²) in [6.45, 7) is 6.87. The normalized spacial score (nSPS) is 15.1. The Labute approximate surface area is 173 Å². The fourth-order valence-electron chi connectivity index (χ4n) is 3.28. The Balaban J connectivity index is 1.49. The molecular weight excluding hydrogens is 422 g/mol. The van der Waals surface area contributed by atoms with Crippen molar-refractivity contribution in [2.24, 2.45) is 0 Å². The largest absolute Gasteiger partial charge is 0.483 e. The van der Waals surface area contributed by atoms with Gasteiger partial charge in [0.05, 0.1) is 11.0 Å². The lowest BCUT2D eigenvalue weighted by atomic mass is 10.1. The Morgan fingerprint density at radius 1 is 1.11 bits per heavy atom. The monoisotopic (exact) mass is 447 g/mol. The van der Waals surface area contributed by atoms with E-state index in [9.17, 15) is 9.59 Å². The molecule has 7 heteroatoms. The molecule has 0 unspecified atom stereocenters. The van der Waals surface area contributed by atoms with Gasteiger partial charge in [0.25, 0.3) is 5.91 Å². The van der Waals surface area contributed by atoms with Gasteiger partial charge in [0.2, 0.25) is 5.91 Å². The van der Waals surface area contributed by atoms with E-state index in [-0.39, 0.29) is 24.5 Å². The van der Waals surface area contributed by atoms with Crippen molar-refractivity contribution in [3.63, 3.8) is 0 Å². The summed E-state index contributed by atoms with van der Waals surface area (Å²) < 4.78 is 6.64. The van der Waals surface area contributed by atoms with Crippen LogP contribution in [0.1, 0.15) is 13.8 Å². The smallest absolute Gasteiger partial charge is 0.260 e. The van der Waals surface area contributed by atoms with Crippen molar-refractivity contribution in [1.29, 1.82) is 0 Å². The average Bonchev–Trinajstić information content (AvgIpc) is 2.67. The topological polar surface area (TPSA) is 61.9 Å². The zero-order valence-electron chi connectivity index (χ0n) is 16.3. The van der Waals surface area contributed by atoms with Crippen LogP contribution in [0.5, 0.6) is 5.75 Å². The summed E-state index contributed by atoms with van der Waals surface area (Å²) in [5, 5.41) is 5.07. The Hall–Kier alpha value is -2.12. The Bertz CT molecular complexity index is 848. The fourth-order valence-corrected chi connectivity index (χ4v) is 3.89. The van der Waals surface area contributed by atoms with E-state index in [1.807, 2.05) is 50.2 Å². The minimum Gasteiger partial charge on any atom is -0.483 e. The van der Waals surface area contributed by atoms with E-state index in [0.29, 0.717) is 38.5 Å². The fraction of sp³-hybridized carbons (Fsp3) is 0.429. The Morgan fingerprint density at radius 2 is 1.82 bits per heavy atom. The first kappa shape index (κ1) is 20.6. The van der Waals surface area contributed by atoms with Gasteiger partial charge in [-0.15, -0.1) is 0 Å². The van der Waals surface area contributed by atoms with Gasteiger partial charge in [-0.3, -0.25) is 14.5 Å². The van der Waals surface area contributed by atoms with Crippen LogP contribution >= 0.6 is 15.9 Å². The summed E-state index contributed by atoms with van der Waals surface area (Å²) in [6.07, 6.45) is 0. The predicted octanol–water partition coefficient (Wildman–Crippen LogP) is 2.65. The van der Waals surface area contributed by atoms with Gasteiger partial charge in [-0.1, -0.05) is 30.3 Å². The first-order valence-electron chi connectivity index (χ1n) is 9.53. The van der Waals surface area contributed by atoms with Gasteiger partial charge < -0.3 is 15.0 Å². The number of benzene rings is 2. The van der Waals surface area contributed by atoms with E-state index in [1.165, 1.54) is 0 Å². The molecule has 0 spiro atoms. The van der Waals surface area contributed by atoms with Crippen LogP contribution < -0.4 is 10.1 Å². The predicted molar refractivity (Wildman–Crippen MR) is 113 cm³/mol. The van der Waals surface area contributed by atoms with Crippen LogP contribution in [-0.4, -0.2) is 67.0 Å². The molecule has 1 saturated heterocycles. The van der Waals surface area contributed by atoms with Gasteiger partial charge in [0.15, 0.2) is 6.61 Å². The first-order valence-corrected chi connectivity index (χ1v) is 10.3. The minimum absolute atomic E-state index is 0.00474. The molecule has 0 bridgehead atoms. The number of nitrogens with one attached hydrogen (secondary N) is 1. The number of carbonyl (C=O) groups excluding carboxylic acids is 2. The van der Waals surface area contributed by atoms with Gasteiger partial charge >= 0.3 is 0 Å². The van der Waals surface area contributed by atoms with Crippen molar-refractivity contribution in [3.8, 4) is 5.75 Å². The molecular formula is C21H26BrN3O3. The minimum atomic E-state index is -0.0358. The number of rotatable bonds is 6. The summed E-state index contributed by atoms with van der Waals surface area (Å²) >= 11 is 3.58. The van der Waals surface area contributed by atoms with Crippen molar-refractivity contribution in [1.82, 2.24) is 15.1 Å².